The van der Waals surface area contributed by atoms with Crippen LogP contribution in [0.5, 0.6) is 0 Å². The predicted molar refractivity (Wildman–Crippen MR) is 151 cm³/mol. The van der Waals surface area contributed by atoms with Gasteiger partial charge < -0.3 is 19.9 Å². The van der Waals surface area contributed by atoms with Crippen LogP contribution < -0.4 is 10.2 Å². The molecule has 1 saturated heterocycles. The van der Waals surface area contributed by atoms with Crippen LogP contribution >= 0.6 is 0 Å². The standard InChI is InChI=1S/C32H37N3O3/c1-25-9-5-6-12-27(25)24-35(30(36)23-26-10-3-2-4-11-26)32(17-7-8-18-32)31(37)33-28-13-15-29(16-14-28)34-19-21-38-22-20-34/h2-6,9-16H,7-8,17-24H2,1H3,(H,33,37). The number of hydrogen-bond acceptors (Lipinski definition) is 4. The van der Waals surface area contributed by atoms with E-state index in [4.69, 9.17) is 4.74 Å². The summed E-state index contributed by atoms with van der Waals surface area (Å²) in [6, 6.07) is 26.0. The largest absolute Gasteiger partial charge is 0.378 e. The molecule has 5 rings (SSSR count). The molecule has 0 bridgehead atoms. The zero-order valence-corrected chi connectivity index (χ0v) is 22.2. The Morgan fingerprint density at radius 1 is 0.895 bits per heavy atom. The molecule has 1 aliphatic carbocycles. The van der Waals surface area contributed by atoms with Gasteiger partial charge in [0.1, 0.15) is 5.54 Å². The fraction of sp³-hybridized carbons (Fsp3) is 0.375. The highest BCUT2D eigenvalue weighted by Gasteiger charge is 2.48. The molecule has 1 heterocycles. The molecule has 0 spiro atoms. The van der Waals surface area contributed by atoms with E-state index in [0.717, 1.165) is 67.2 Å². The van der Waals surface area contributed by atoms with Crippen LogP contribution in [0.1, 0.15) is 42.4 Å². The summed E-state index contributed by atoms with van der Waals surface area (Å²) in [5, 5.41) is 3.18. The SMILES string of the molecule is Cc1ccccc1CN(C(=O)Cc1ccccc1)C1(C(=O)Nc2ccc(N3CCOCC3)cc2)CCCC1. The molecular formula is C32H37N3O3. The van der Waals surface area contributed by atoms with Gasteiger partial charge in [-0.1, -0.05) is 67.4 Å². The number of amides is 2. The summed E-state index contributed by atoms with van der Waals surface area (Å²) >= 11 is 0. The number of nitrogens with one attached hydrogen (secondary N) is 1. The van der Waals surface area contributed by atoms with Crippen LogP contribution in [-0.4, -0.2) is 48.6 Å². The Balaban J connectivity index is 1.41. The minimum absolute atomic E-state index is 0.0147. The lowest BCUT2D eigenvalue weighted by Gasteiger charge is -2.40. The summed E-state index contributed by atoms with van der Waals surface area (Å²) in [5.41, 5.74) is 4.15. The number of morpholine rings is 1. The fourth-order valence-electron chi connectivity index (χ4n) is 5.71. The number of carbonyl (C=O) groups is 2. The van der Waals surface area contributed by atoms with Gasteiger partial charge in [0.2, 0.25) is 11.8 Å². The minimum Gasteiger partial charge on any atom is -0.378 e. The van der Waals surface area contributed by atoms with Crippen molar-refractivity contribution in [3.05, 3.63) is 95.6 Å². The molecule has 6 heteroatoms. The summed E-state index contributed by atoms with van der Waals surface area (Å²) in [6.07, 6.45) is 3.45. The van der Waals surface area contributed by atoms with Crippen molar-refractivity contribution in [2.24, 2.45) is 0 Å². The van der Waals surface area contributed by atoms with Crippen molar-refractivity contribution in [3.63, 3.8) is 0 Å². The van der Waals surface area contributed by atoms with Gasteiger partial charge in [-0.25, -0.2) is 0 Å². The van der Waals surface area contributed by atoms with E-state index in [-0.39, 0.29) is 18.2 Å². The van der Waals surface area contributed by atoms with Gasteiger partial charge in [-0.05, 0) is 60.7 Å². The van der Waals surface area contributed by atoms with Crippen molar-refractivity contribution in [1.82, 2.24) is 4.90 Å². The van der Waals surface area contributed by atoms with Gasteiger partial charge in [-0.15, -0.1) is 0 Å². The van der Waals surface area contributed by atoms with E-state index in [0.29, 0.717) is 19.4 Å². The molecule has 38 heavy (non-hydrogen) atoms. The molecule has 1 N–H and O–H groups in total. The smallest absolute Gasteiger partial charge is 0.250 e. The topological polar surface area (TPSA) is 61.9 Å². The summed E-state index contributed by atoms with van der Waals surface area (Å²) in [7, 11) is 0. The molecule has 0 atom stereocenters. The second kappa shape index (κ2) is 11.8. The Kier molecular flexibility index (Phi) is 8.08. The molecular weight excluding hydrogens is 474 g/mol. The first kappa shape index (κ1) is 26.0. The van der Waals surface area contributed by atoms with Gasteiger partial charge in [0, 0.05) is 31.0 Å². The number of hydrogen-bond donors (Lipinski definition) is 1. The molecule has 198 valence electrons. The van der Waals surface area contributed by atoms with Crippen molar-refractivity contribution >= 4 is 23.2 Å². The van der Waals surface area contributed by atoms with Crippen LogP contribution in [0.4, 0.5) is 11.4 Å². The molecule has 0 radical (unpaired) electrons. The molecule has 0 aromatic heterocycles. The molecule has 1 aliphatic heterocycles. The summed E-state index contributed by atoms with van der Waals surface area (Å²) in [5.74, 6) is -0.108. The number of aryl methyl sites for hydroxylation is 1. The van der Waals surface area contributed by atoms with E-state index in [2.05, 4.69) is 29.3 Å². The first-order valence-electron chi connectivity index (χ1n) is 13.7. The van der Waals surface area contributed by atoms with Crippen LogP contribution in [0, 0.1) is 6.92 Å². The minimum atomic E-state index is -0.878. The number of benzene rings is 3. The van der Waals surface area contributed by atoms with E-state index in [1.54, 1.807) is 0 Å². The lowest BCUT2D eigenvalue weighted by atomic mass is 9.91. The summed E-state index contributed by atoms with van der Waals surface area (Å²) in [6.45, 7) is 5.68. The van der Waals surface area contributed by atoms with E-state index in [1.807, 2.05) is 71.6 Å². The number of ether oxygens (including phenoxy) is 1. The van der Waals surface area contributed by atoms with Gasteiger partial charge >= 0.3 is 0 Å². The van der Waals surface area contributed by atoms with E-state index < -0.39 is 5.54 Å². The molecule has 1 saturated carbocycles. The predicted octanol–water partition coefficient (Wildman–Crippen LogP) is 5.35. The third-order valence-corrected chi connectivity index (χ3v) is 7.96. The van der Waals surface area contributed by atoms with Crippen LogP contribution in [-0.2, 0) is 27.3 Å². The normalized spacial score (nSPS) is 16.7. The number of anilines is 2. The quantitative estimate of drug-likeness (QED) is 0.443. The highest BCUT2D eigenvalue weighted by Crippen LogP contribution is 2.38. The van der Waals surface area contributed by atoms with E-state index >= 15 is 0 Å². The molecule has 2 fully saturated rings. The number of rotatable bonds is 8. The highest BCUT2D eigenvalue weighted by molar-refractivity contribution is 6.01. The third-order valence-electron chi connectivity index (χ3n) is 7.96. The van der Waals surface area contributed by atoms with Crippen molar-refractivity contribution in [2.45, 2.75) is 51.1 Å². The van der Waals surface area contributed by atoms with Crippen molar-refractivity contribution in [2.75, 3.05) is 36.5 Å². The van der Waals surface area contributed by atoms with Crippen molar-refractivity contribution in [1.29, 1.82) is 0 Å². The van der Waals surface area contributed by atoms with Crippen LogP contribution in [0.2, 0.25) is 0 Å². The van der Waals surface area contributed by atoms with Gasteiger partial charge in [-0.2, -0.15) is 0 Å². The summed E-state index contributed by atoms with van der Waals surface area (Å²) in [4.78, 5) is 32.2. The highest BCUT2D eigenvalue weighted by atomic mass is 16.5. The molecule has 3 aromatic carbocycles. The van der Waals surface area contributed by atoms with Gasteiger partial charge in [-0.3, -0.25) is 9.59 Å². The number of carbonyl (C=O) groups excluding carboxylic acids is 2. The maximum absolute atomic E-state index is 14.1. The maximum atomic E-state index is 14.1. The number of nitrogens with zero attached hydrogens (tertiary/aromatic N) is 2. The molecule has 3 aromatic rings. The van der Waals surface area contributed by atoms with Gasteiger partial charge in [0.15, 0.2) is 0 Å². The third kappa shape index (κ3) is 5.76. The molecule has 2 aliphatic rings. The Morgan fingerprint density at radius 3 is 2.24 bits per heavy atom. The lowest BCUT2D eigenvalue weighted by Crippen LogP contribution is -2.57. The average Bonchev–Trinajstić information content (AvgIpc) is 3.45. The zero-order chi connectivity index (χ0) is 26.4. The molecule has 2 amide bonds. The monoisotopic (exact) mass is 511 g/mol. The van der Waals surface area contributed by atoms with Gasteiger partial charge in [0.05, 0.1) is 19.6 Å². The molecule has 6 nitrogen and oxygen atoms in total. The average molecular weight is 512 g/mol. The molecule has 0 unspecified atom stereocenters. The fourth-order valence-corrected chi connectivity index (χ4v) is 5.71. The second-order valence-corrected chi connectivity index (χ2v) is 10.4. The van der Waals surface area contributed by atoms with Crippen LogP contribution in [0.25, 0.3) is 0 Å². The first-order valence-corrected chi connectivity index (χ1v) is 13.7. The van der Waals surface area contributed by atoms with Crippen molar-refractivity contribution in [3.8, 4) is 0 Å². The second-order valence-electron chi connectivity index (χ2n) is 10.4. The Hall–Kier alpha value is -3.64. The lowest BCUT2D eigenvalue weighted by molar-refractivity contribution is -0.145. The Morgan fingerprint density at radius 2 is 1.55 bits per heavy atom. The zero-order valence-electron chi connectivity index (χ0n) is 22.2. The van der Waals surface area contributed by atoms with E-state index in [1.165, 1.54) is 0 Å². The Labute approximate surface area is 225 Å². The maximum Gasteiger partial charge on any atom is 0.250 e. The van der Waals surface area contributed by atoms with Crippen LogP contribution in [0.3, 0.4) is 0 Å². The first-order chi connectivity index (χ1) is 18.5. The van der Waals surface area contributed by atoms with E-state index in [9.17, 15) is 9.59 Å². The van der Waals surface area contributed by atoms with Crippen LogP contribution in [0.15, 0.2) is 78.9 Å². The van der Waals surface area contributed by atoms with Gasteiger partial charge in [0.25, 0.3) is 0 Å². The Bertz CT molecular complexity index is 1230. The van der Waals surface area contributed by atoms with Crippen molar-refractivity contribution < 1.29 is 14.3 Å². The summed E-state index contributed by atoms with van der Waals surface area (Å²) < 4.78 is 5.46.